The van der Waals surface area contributed by atoms with Crippen LogP contribution in [-0.2, 0) is 23.7 Å². The second-order valence-electron chi connectivity index (χ2n) is 20.7. The van der Waals surface area contributed by atoms with Crippen LogP contribution >= 0.6 is 0 Å². The summed E-state index contributed by atoms with van der Waals surface area (Å²) in [4.78, 5) is 14.8. The van der Waals surface area contributed by atoms with E-state index in [9.17, 15) is 45.6 Å². The van der Waals surface area contributed by atoms with Gasteiger partial charge in [-0.15, -0.1) is 0 Å². The molecule has 0 bridgehead atoms. The SMILES string of the molecule is CC1(C)CC[C@]2(C(=O)O[C@@H]3O[C@H](CO[C@H]4O[C@@H](CO)[C@H](O)[C@@H](O)[C@@H]4O)[C@@H](O)[C@H](O)[C@H]3O)CC[C@]3(C)C(=CC[C@@H]4[C@@]5(C)CC[C@H](O)C(C)(C)[C@@H]5CC[C@]43C)[C@@H]2C1. The first-order valence-corrected chi connectivity index (χ1v) is 20.8. The van der Waals surface area contributed by atoms with Crippen LogP contribution in [0.3, 0.4) is 0 Å². The number of ether oxygens (including phenoxy) is 4. The van der Waals surface area contributed by atoms with Gasteiger partial charge in [-0.1, -0.05) is 60.1 Å². The Hall–Kier alpha value is -1.23. The molecule has 13 nitrogen and oxygen atoms in total. The van der Waals surface area contributed by atoms with Crippen molar-refractivity contribution < 1.29 is 64.6 Å². The summed E-state index contributed by atoms with van der Waals surface area (Å²) in [5.74, 6) is 0.269. The number of hydrogen-bond acceptors (Lipinski definition) is 13. The molecule has 0 aromatic heterocycles. The van der Waals surface area contributed by atoms with Crippen LogP contribution in [0.2, 0.25) is 0 Å². The standard InChI is InChI=1S/C42H68O13/c1-37(2)14-16-42(36(51)55-35-33(50)31(48)29(46)24(54-35)20-52-34-32(49)30(47)28(45)23(19-43)53-34)17-15-40(6)21(22(42)18-37)8-9-26-39(5)12-11-27(44)38(3,4)25(39)10-13-41(26,40)7/h8,22-35,43-50H,9-20H2,1-7H3/t22-,23-,24+,25-,26+,27-,28-,29+,30+,31-,32-,33+,34-,35-,39-,40+,41+,42-/m0/s1. The molecule has 0 radical (unpaired) electrons. The summed E-state index contributed by atoms with van der Waals surface area (Å²) in [6, 6.07) is 0. The van der Waals surface area contributed by atoms with Gasteiger partial charge in [-0.3, -0.25) is 4.79 Å². The van der Waals surface area contributed by atoms with Crippen molar-refractivity contribution in [2.45, 2.75) is 180 Å². The normalized spacial score (nSPS) is 53.1. The van der Waals surface area contributed by atoms with Gasteiger partial charge in [-0.05, 0) is 109 Å². The van der Waals surface area contributed by atoms with E-state index in [0.29, 0.717) is 24.7 Å². The van der Waals surface area contributed by atoms with E-state index in [-0.39, 0.29) is 39.1 Å². The Bertz CT molecular complexity index is 1480. The molecule has 4 saturated carbocycles. The number of carbonyl (C=O) groups is 1. The van der Waals surface area contributed by atoms with Gasteiger partial charge in [0.05, 0.1) is 24.7 Å². The highest BCUT2D eigenvalue weighted by molar-refractivity contribution is 5.79. The molecule has 7 rings (SSSR count). The predicted octanol–water partition coefficient (Wildman–Crippen LogP) is 2.32. The number of allylic oxidation sites excluding steroid dienone is 2. The number of esters is 1. The molecular weight excluding hydrogens is 712 g/mol. The molecule has 0 aromatic rings. The highest BCUT2D eigenvalue weighted by Gasteiger charge is 2.69. The minimum Gasteiger partial charge on any atom is -0.432 e. The summed E-state index contributed by atoms with van der Waals surface area (Å²) in [5.41, 5.74) is 0.212. The molecule has 0 spiro atoms. The molecule has 314 valence electrons. The average Bonchev–Trinajstić information content (AvgIpc) is 3.12. The van der Waals surface area contributed by atoms with E-state index in [4.69, 9.17) is 18.9 Å². The van der Waals surface area contributed by atoms with Gasteiger partial charge in [0.2, 0.25) is 6.29 Å². The molecule has 0 aromatic carbocycles. The molecule has 0 amide bonds. The maximum absolute atomic E-state index is 14.8. The molecule has 6 fully saturated rings. The van der Waals surface area contributed by atoms with Crippen LogP contribution in [0.5, 0.6) is 0 Å². The number of fused-ring (bicyclic) bond motifs is 7. The molecule has 13 heteroatoms. The minimum absolute atomic E-state index is 0.00451. The Morgan fingerprint density at radius 3 is 2.02 bits per heavy atom. The molecule has 8 N–H and O–H groups in total. The van der Waals surface area contributed by atoms with Gasteiger partial charge in [0.15, 0.2) is 6.29 Å². The third-order valence-corrected chi connectivity index (χ3v) is 17.2. The highest BCUT2D eigenvalue weighted by atomic mass is 16.7. The van der Waals surface area contributed by atoms with Crippen molar-refractivity contribution in [1.29, 1.82) is 0 Å². The van der Waals surface area contributed by atoms with Crippen molar-refractivity contribution in [3.63, 3.8) is 0 Å². The van der Waals surface area contributed by atoms with Crippen LogP contribution in [0.1, 0.15) is 113 Å². The van der Waals surface area contributed by atoms with E-state index in [1.165, 1.54) is 5.57 Å². The van der Waals surface area contributed by atoms with Crippen molar-refractivity contribution in [3.05, 3.63) is 11.6 Å². The largest absolute Gasteiger partial charge is 0.432 e. The third kappa shape index (κ3) is 6.31. The van der Waals surface area contributed by atoms with Crippen LogP contribution in [0.15, 0.2) is 11.6 Å². The average molecular weight is 781 g/mol. The highest BCUT2D eigenvalue weighted by Crippen LogP contribution is 2.76. The fraction of sp³-hybridized carbons (Fsp3) is 0.929. The Morgan fingerprint density at radius 2 is 1.35 bits per heavy atom. The summed E-state index contributed by atoms with van der Waals surface area (Å²) in [5, 5.41) is 84.2. The van der Waals surface area contributed by atoms with Gasteiger partial charge in [0.25, 0.3) is 0 Å². The smallest absolute Gasteiger partial charge is 0.315 e. The monoisotopic (exact) mass is 780 g/mol. The Labute approximate surface area is 325 Å². The fourth-order valence-electron chi connectivity index (χ4n) is 13.4. The predicted molar refractivity (Wildman–Crippen MR) is 198 cm³/mol. The molecule has 7 aliphatic rings. The van der Waals surface area contributed by atoms with E-state index >= 15 is 0 Å². The Morgan fingerprint density at radius 1 is 0.727 bits per heavy atom. The molecule has 2 aliphatic heterocycles. The van der Waals surface area contributed by atoms with E-state index < -0.39 is 86.0 Å². The zero-order chi connectivity index (χ0) is 40.3. The van der Waals surface area contributed by atoms with Gasteiger partial charge in [0.1, 0.15) is 48.8 Å². The van der Waals surface area contributed by atoms with Crippen LogP contribution < -0.4 is 0 Å². The molecule has 0 unspecified atom stereocenters. The number of rotatable bonds is 6. The summed E-state index contributed by atoms with van der Waals surface area (Å²) in [6.45, 7) is 15.3. The zero-order valence-corrected chi connectivity index (χ0v) is 33.8. The van der Waals surface area contributed by atoms with Crippen molar-refractivity contribution in [2.75, 3.05) is 13.2 Å². The van der Waals surface area contributed by atoms with E-state index in [0.717, 1.165) is 51.4 Å². The molecular formula is C42H68O13. The Balaban J connectivity index is 1.13. The fourth-order valence-corrected chi connectivity index (χ4v) is 13.4. The van der Waals surface area contributed by atoms with Gasteiger partial charge in [-0.25, -0.2) is 0 Å². The number of carbonyl (C=O) groups excluding carboxylic acids is 1. The maximum Gasteiger partial charge on any atom is 0.315 e. The molecule has 18 atom stereocenters. The number of aliphatic hydroxyl groups is 8. The molecule has 5 aliphatic carbocycles. The number of aliphatic hydroxyl groups excluding tert-OH is 8. The summed E-state index contributed by atoms with van der Waals surface area (Å²) in [6.07, 6.45) is -5.21. The summed E-state index contributed by atoms with van der Waals surface area (Å²) < 4.78 is 23.0. The summed E-state index contributed by atoms with van der Waals surface area (Å²) >= 11 is 0. The van der Waals surface area contributed by atoms with E-state index in [2.05, 4.69) is 54.5 Å². The minimum atomic E-state index is -1.76. The molecule has 2 saturated heterocycles. The van der Waals surface area contributed by atoms with Gasteiger partial charge in [-0.2, -0.15) is 0 Å². The van der Waals surface area contributed by atoms with Gasteiger partial charge < -0.3 is 59.8 Å². The first-order chi connectivity index (χ1) is 25.6. The third-order valence-electron chi connectivity index (χ3n) is 17.2. The number of hydrogen-bond donors (Lipinski definition) is 8. The van der Waals surface area contributed by atoms with Crippen molar-refractivity contribution in [3.8, 4) is 0 Å². The second-order valence-corrected chi connectivity index (χ2v) is 20.7. The maximum atomic E-state index is 14.8. The first kappa shape index (κ1) is 41.9. The van der Waals surface area contributed by atoms with Crippen molar-refractivity contribution in [2.24, 2.45) is 50.2 Å². The van der Waals surface area contributed by atoms with Crippen LogP contribution in [0, 0.1) is 50.2 Å². The Kier molecular flexibility index (Phi) is 10.8. The molecule has 2 heterocycles. The van der Waals surface area contributed by atoms with Crippen LogP contribution in [-0.4, -0.2) is 128 Å². The van der Waals surface area contributed by atoms with Crippen molar-refractivity contribution in [1.82, 2.24) is 0 Å². The first-order valence-electron chi connectivity index (χ1n) is 20.8. The quantitative estimate of drug-likeness (QED) is 0.144. The van der Waals surface area contributed by atoms with Crippen molar-refractivity contribution >= 4 is 5.97 Å². The van der Waals surface area contributed by atoms with Crippen LogP contribution in [0.25, 0.3) is 0 Å². The lowest BCUT2D eigenvalue weighted by Crippen LogP contribution is -2.65. The summed E-state index contributed by atoms with van der Waals surface area (Å²) in [7, 11) is 0. The lowest BCUT2D eigenvalue weighted by Gasteiger charge is -2.71. The topological polar surface area (TPSA) is 216 Å². The van der Waals surface area contributed by atoms with Gasteiger partial charge >= 0.3 is 5.97 Å². The van der Waals surface area contributed by atoms with Crippen LogP contribution in [0.4, 0.5) is 0 Å². The lowest BCUT2D eigenvalue weighted by molar-refractivity contribution is -0.328. The molecule has 55 heavy (non-hydrogen) atoms. The van der Waals surface area contributed by atoms with Gasteiger partial charge in [0, 0.05) is 0 Å². The zero-order valence-electron chi connectivity index (χ0n) is 33.8. The van der Waals surface area contributed by atoms with E-state index in [1.54, 1.807) is 0 Å². The van der Waals surface area contributed by atoms with E-state index in [1.807, 2.05) is 0 Å². The second kappa shape index (κ2) is 14.2. The lowest BCUT2D eigenvalue weighted by atomic mass is 9.33.